The summed E-state index contributed by atoms with van der Waals surface area (Å²) >= 11 is 0. The van der Waals surface area contributed by atoms with Gasteiger partial charge in [-0.15, -0.1) is 0 Å². The number of nitrogens with zero attached hydrogens (tertiary/aromatic N) is 3. The monoisotopic (exact) mass is 484 g/mol. The number of nitrogens with one attached hydrogen (secondary N) is 1. The molecule has 1 aliphatic rings. The Hall–Kier alpha value is -2.88. The van der Waals surface area contributed by atoms with E-state index in [1.807, 2.05) is 19.9 Å². The number of aryl methyl sites for hydroxylation is 1. The molecule has 0 bridgehead atoms. The largest absolute Gasteiger partial charge is 0.495 e. The van der Waals surface area contributed by atoms with Gasteiger partial charge in [0, 0.05) is 49.5 Å². The lowest BCUT2D eigenvalue weighted by atomic mass is 10.1. The number of piperazine rings is 1. The molecule has 0 saturated carbocycles. The van der Waals surface area contributed by atoms with Crippen LogP contribution < -0.4 is 14.4 Å². The van der Waals surface area contributed by atoms with Crippen molar-refractivity contribution in [2.24, 2.45) is 0 Å². The van der Waals surface area contributed by atoms with Gasteiger partial charge in [-0.3, -0.25) is 4.90 Å². The molecule has 1 aromatic heterocycles. The van der Waals surface area contributed by atoms with E-state index in [-0.39, 0.29) is 4.90 Å². The average Bonchev–Trinajstić information content (AvgIpc) is 3.20. The highest BCUT2D eigenvalue weighted by atomic mass is 32.2. The number of ether oxygens (including phenoxy) is 1. The van der Waals surface area contributed by atoms with Gasteiger partial charge in [0.25, 0.3) is 0 Å². The lowest BCUT2D eigenvalue weighted by molar-refractivity contribution is 0.255. The Morgan fingerprint density at radius 1 is 1.06 bits per heavy atom. The quantitative estimate of drug-likeness (QED) is 0.466. The van der Waals surface area contributed by atoms with Crippen LogP contribution in [-0.4, -0.2) is 64.9 Å². The molecule has 0 amide bonds. The van der Waals surface area contributed by atoms with E-state index in [2.05, 4.69) is 43.9 Å². The second kappa shape index (κ2) is 10.6. The number of rotatable bonds is 9. The molecule has 1 fully saturated rings. The third-order valence-corrected chi connectivity index (χ3v) is 7.79. The fourth-order valence-electron chi connectivity index (χ4n) is 4.17. The Morgan fingerprint density at radius 3 is 2.44 bits per heavy atom. The maximum absolute atomic E-state index is 13.1. The van der Waals surface area contributed by atoms with Gasteiger partial charge >= 0.3 is 0 Å². The summed E-state index contributed by atoms with van der Waals surface area (Å²) in [6.07, 6.45) is 0.729. The normalized spacial score (nSPS) is 15.0. The number of benzene rings is 2. The summed E-state index contributed by atoms with van der Waals surface area (Å²) in [6.45, 7) is 8.83. The summed E-state index contributed by atoms with van der Waals surface area (Å²) < 4.78 is 39.6. The zero-order valence-corrected chi connectivity index (χ0v) is 20.8. The summed E-state index contributed by atoms with van der Waals surface area (Å²) in [7, 11) is -2.29. The third kappa shape index (κ3) is 5.43. The Labute approximate surface area is 201 Å². The van der Waals surface area contributed by atoms with Gasteiger partial charge in [-0.05, 0) is 57.1 Å². The van der Waals surface area contributed by atoms with Crippen LogP contribution in [0.5, 0.6) is 5.75 Å². The van der Waals surface area contributed by atoms with E-state index in [4.69, 9.17) is 9.26 Å². The minimum absolute atomic E-state index is 0.0948. The first-order valence-electron chi connectivity index (χ1n) is 11.5. The molecule has 0 radical (unpaired) electrons. The van der Waals surface area contributed by atoms with Crippen molar-refractivity contribution in [2.45, 2.75) is 25.2 Å². The van der Waals surface area contributed by atoms with Crippen molar-refractivity contribution in [3.63, 3.8) is 0 Å². The van der Waals surface area contributed by atoms with Crippen LogP contribution in [0, 0.1) is 13.8 Å². The van der Waals surface area contributed by atoms with Crippen LogP contribution in [-0.2, 0) is 10.0 Å². The van der Waals surface area contributed by atoms with Gasteiger partial charge in [0.1, 0.15) is 10.6 Å². The minimum atomic E-state index is -3.75. The summed E-state index contributed by atoms with van der Waals surface area (Å²) in [5.74, 6) is 0.855. The molecule has 3 aromatic rings. The summed E-state index contributed by atoms with van der Waals surface area (Å²) in [4.78, 5) is 4.86. The molecule has 9 heteroatoms. The molecule has 0 aliphatic carbocycles. The lowest BCUT2D eigenvalue weighted by Gasteiger charge is -2.36. The Balaban J connectivity index is 1.33. The lowest BCUT2D eigenvalue weighted by Crippen LogP contribution is -2.47. The van der Waals surface area contributed by atoms with Crippen LogP contribution in [0.2, 0.25) is 0 Å². The predicted octanol–water partition coefficient (Wildman–Crippen LogP) is 3.46. The molecule has 0 atom stereocenters. The molecule has 1 N–H and O–H groups in total. The van der Waals surface area contributed by atoms with Crippen molar-refractivity contribution in [3.05, 3.63) is 59.8 Å². The molecule has 34 heavy (non-hydrogen) atoms. The topological polar surface area (TPSA) is 87.9 Å². The molecule has 2 aromatic carbocycles. The number of hydrogen-bond acceptors (Lipinski definition) is 7. The molecule has 8 nitrogen and oxygen atoms in total. The molecular formula is C25H32N4O4S. The standard InChI is InChI=1S/C25H32N4O4S/c1-19-20(2)27-33-25(19)21-10-11-23(32-3)24(18-21)34(30,31)26-12-7-13-28-14-16-29(17-15-28)22-8-5-4-6-9-22/h4-6,8-11,18,26H,7,12-17H2,1-3H3. The van der Waals surface area contributed by atoms with Crippen LogP contribution in [0.4, 0.5) is 5.69 Å². The first-order chi connectivity index (χ1) is 16.4. The third-order valence-electron chi connectivity index (χ3n) is 6.31. The van der Waals surface area contributed by atoms with E-state index in [9.17, 15) is 8.42 Å². The minimum Gasteiger partial charge on any atom is -0.495 e. The van der Waals surface area contributed by atoms with Crippen LogP contribution in [0.25, 0.3) is 11.3 Å². The van der Waals surface area contributed by atoms with Crippen molar-refractivity contribution in [1.82, 2.24) is 14.8 Å². The van der Waals surface area contributed by atoms with E-state index in [1.54, 1.807) is 18.2 Å². The van der Waals surface area contributed by atoms with Gasteiger partial charge < -0.3 is 14.2 Å². The zero-order chi connectivity index (χ0) is 24.1. The molecule has 182 valence electrons. The van der Waals surface area contributed by atoms with Gasteiger partial charge in [0.2, 0.25) is 10.0 Å². The molecule has 1 saturated heterocycles. The van der Waals surface area contributed by atoms with Crippen molar-refractivity contribution in [3.8, 4) is 17.1 Å². The number of methoxy groups -OCH3 is 1. The van der Waals surface area contributed by atoms with Gasteiger partial charge in [-0.1, -0.05) is 23.4 Å². The van der Waals surface area contributed by atoms with E-state index in [0.29, 0.717) is 23.6 Å². The van der Waals surface area contributed by atoms with Crippen molar-refractivity contribution in [1.29, 1.82) is 0 Å². The molecule has 4 rings (SSSR count). The van der Waals surface area contributed by atoms with Gasteiger partial charge in [-0.2, -0.15) is 0 Å². The van der Waals surface area contributed by atoms with E-state index < -0.39 is 10.0 Å². The van der Waals surface area contributed by atoms with Crippen LogP contribution >= 0.6 is 0 Å². The van der Waals surface area contributed by atoms with Crippen molar-refractivity contribution in [2.75, 3.05) is 51.3 Å². The highest BCUT2D eigenvalue weighted by molar-refractivity contribution is 7.89. The number of anilines is 1. The second-order valence-corrected chi connectivity index (χ2v) is 10.2. The highest BCUT2D eigenvalue weighted by Gasteiger charge is 2.22. The highest BCUT2D eigenvalue weighted by Crippen LogP contribution is 2.32. The SMILES string of the molecule is COc1ccc(-c2onc(C)c2C)cc1S(=O)(=O)NCCCN1CCN(c2ccccc2)CC1. The van der Waals surface area contributed by atoms with Crippen molar-refractivity contribution < 1.29 is 17.7 Å². The van der Waals surface area contributed by atoms with Crippen molar-refractivity contribution >= 4 is 15.7 Å². The number of aromatic nitrogens is 1. The average molecular weight is 485 g/mol. The Kier molecular flexibility index (Phi) is 7.55. The first-order valence-corrected chi connectivity index (χ1v) is 13.0. The fourth-order valence-corrected chi connectivity index (χ4v) is 5.43. The Morgan fingerprint density at radius 2 is 1.79 bits per heavy atom. The summed E-state index contributed by atoms with van der Waals surface area (Å²) in [6, 6.07) is 15.4. The number of hydrogen-bond donors (Lipinski definition) is 1. The predicted molar refractivity (Wildman–Crippen MR) is 133 cm³/mol. The number of sulfonamides is 1. The molecule has 0 spiro atoms. The molecule has 1 aliphatic heterocycles. The zero-order valence-electron chi connectivity index (χ0n) is 20.0. The molecular weight excluding hydrogens is 452 g/mol. The maximum Gasteiger partial charge on any atom is 0.244 e. The van der Waals surface area contributed by atoms with E-state index >= 15 is 0 Å². The summed E-state index contributed by atoms with van der Waals surface area (Å²) in [5.41, 5.74) is 3.56. The summed E-state index contributed by atoms with van der Waals surface area (Å²) in [5, 5.41) is 3.97. The van der Waals surface area contributed by atoms with Gasteiger partial charge in [-0.25, -0.2) is 13.1 Å². The smallest absolute Gasteiger partial charge is 0.244 e. The Bertz CT molecular complexity index is 1200. The van der Waals surface area contributed by atoms with E-state index in [0.717, 1.165) is 50.4 Å². The van der Waals surface area contributed by atoms with Crippen LogP contribution in [0.3, 0.4) is 0 Å². The van der Waals surface area contributed by atoms with E-state index in [1.165, 1.54) is 12.8 Å². The number of para-hydroxylation sites is 1. The molecule has 2 heterocycles. The van der Waals surface area contributed by atoms with Gasteiger partial charge in [0.05, 0.1) is 12.8 Å². The first kappa shape index (κ1) is 24.3. The maximum atomic E-state index is 13.1. The van der Waals surface area contributed by atoms with Gasteiger partial charge in [0.15, 0.2) is 5.76 Å². The fraction of sp³-hybridized carbons (Fsp3) is 0.400. The van der Waals surface area contributed by atoms with Crippen LogP contribution in [0.1, 0.15) is 17.7 Å². The molecule has 0 unspecified atom stereocenters. The second-order valence-electron chi connectivity index (χ2n) is 8.50. The van der Waals surface area contributed by atoms with Crippen LogP contribution in [0.15, 0.2) is 57.9 Å².